The topological polar surface area (TPSA) is 41.6 Å². The van der Waals surface area contributed by atoms with Crippen molar-refractivity contribution in [3.05, 3.63) is 0 Å². The van der Waals surface area contributed by atoms with E-state index in [9.17, 15) is 4.79 Å². The molecule has 1 N–H and O–H groups in total. The van der Waals surface area contributed by atoms with Crippen LogP contribution in [-0.4, -0.2) is 50.2 Å². The summed E-state index contributed by atoms with van der Waals surface area (Å²) < 4.78 is 4.98. The second kappa shape index (κ2) is 8.48. The summed E-state index contributed by atoms with van der Waals surface area (Å²) in [4.78, 5) is 14.2. The van der Waals surface area contributed by atoms with Gasteiger partial charge in [0.2, 0.25) is 5.91 Å². The lowest BCUT2D eigenvalue weighted by Crippen LogP contribution is -2.45. The first-order chi connectivity index (χ1) is 8.25. The van der Waals surface area contributed by atoms with Crippen LogP contribution in [-0.2, 0) is 9.53 Å². The summed E-state index contributed by atoms with van der Waals surface area (Å²) in [5, 5.41) is 3.26. The molecule has 0 aromatic rings. The molecule has 1 amide bonds. The third-order valence-electron chi connectivity index (χ3n) is 3.26. The first kappa shape index (κ1) is 14.5. The molecule has 1 aliphatic heterocycles. The van der Waals surface area contributed by atoms with E-state index in [2.05, 4.69) is 5.32 Å². The average molecular weight is 242 g/mol. The van der Waals surface area contributed by atoms with Crippen LogP contribution in [0.5, 0.6) is 0 Å². The molecule has 17 heavy (non-hydrogen) atoms. The first-order valence-electron chi connectivity index (χ1n) is 6.77. The number of nitrogens with zero attached hydrogens (tertiary/aromatic N) is 1. The summed E-state index contributed by atoms with van der Waals surface area (Å²) in [6.07, 6.45) is 5.79. The van der Waals surface area contributed by atoms with Crippen molar-refractivity contribution in [2.24, 2.45) is 0 Å². The van der Waals surface area contributed by atoms with E-state index in [1.54, 1.807) is 7.11 Å². The van der Waals surface area contributed by atoms with Gasteiger partial charge in [0.15, 0.2) is 0 Å². The number of hydrogen-bond donors (Lipinski definition) is 1. The van der Waals surface area contributed by atoms with E-state index in [0.29, 0.717) is 0 Å². The van der Waals surface area contributed by atoms with Crippen LogP contribution >= 0.6 is 0 Å². The Morgan fingerprint density at radius 1 is 1.29 bits per heavy atom. The van der Waals surface area contributed by atoms with Gasteiger partial charge in [-0.3, -0.25) is 4.79 Å². The molecule has 0 radical (unpaired) electrons. The standard InChI is InChI=1S/C13H26N2O2/c1-12(14-8-7-11-17-2)13(16)15-9-5-3-4-6-10-15/h12,14H,3-11H2,1-2H3. The van der Waals surface area contributed by atoms with Crippen molar-refractivity contribution >= 4 is 5.91 Å². The molecule has 1 unspecified atom stereocenters. The van der Waals surface area contributed by atoms with E-state index in [-0.39, 0.29) is 11.9 Å². The van der Waals surface area contributed by atoms with Crippen molar-refractivity contribution in [1.29, 1.82) is 0 Å². The highest BCUT2D eigenvalue weighted by molar-refractivity contribution is 5.81. The molecule has 1 fully saturated rings. The average Bonchev–Trinajstić information content (AvgIpc) is 2.62. The summed E-state index contributed by atoms with van der Waals surface area (Å²) in [5.74, 6) is 0.254. The van der Waals surface area contributed by atoms with Gasteiger partial charge in [0.05, 0.1) is 6.04 Å². The van der Waals surface area contributed by atoms with Gasteiger partial charge in [0.1, 0.15) is 0 Å². The number of amides is 1. The van der Waals surface area contributed by atoms with Crippen LogP contribution in [0.3, 0.4) is 0 Å². The van der Waals surface area contributed by atoms with Crippen LogP contribution in [0, 0.1) is 0 Å². The number of likely N-dealkylation sites (tertiary alicyclic amines) is 1. The third kappa shape index (κ3) is 5.50. The number of ether oxygens (including phenoxy) is 1. The third-order valence-corrected chi connectivity index (χ3v) is 3.26. The summed E-state index contributed by atoms with van der Waals surface area (Å²) >= 11 is 0. The maximum Gasteiger partial charge on any atom is 0.239 e. The van der Waals surface area contributed by atoms with E-state index in [1.165, 1.54) is 12.8 Å². The van der Waals surface area contributed by atoms with Gasteiger partial charge >= 0.3 is 0 Å². The molecule has 1 atom stereocenters. The fraction of sp³-hybridized carbons (Fsp3) is 0.923. The molecule has 0 spiro atoms. The van der Waals surface area contributed by atoms with Gasteiger partial charge in [-0.05, 0) is 32.7 Å². The number of rotatable bonds is 6. The van der Waals surface area contributed by atoms with Gasteiger partial charge in [-0.2, -0.15) is 0 Å². The quantitative estimate of drug-likeness (QED) is 0.716. The van der Waals surface area contributed by atoms with Gasteiger partial charge in [-0.15, -0.1) is 0 Å². The molecule has 1 saturated heterocycles. The minimum absolute atomic E-state index is 0.0649. The first-order valence-corrected chi connectivity index (χ1v) is 6.77. The molecule has 100 valence electrons. The highest BCUT2D eigenvalue weighted by Crippen LogP contribution is 2.10. The van der Waals surface area contributed by atoms with Gasteiger partial charge in [0.25, 0.3) is 0 Å². The zero-order valence-corrected chi connectivity index (χ0v) is 11.2. The molecular formula is C13H26N2O2. The largest absolute Gasteiger partial charge is 0.385 e. The van der Waals surface area contributed by atoms with Gasteiger partial charge in [0, 0.05) is 26.8 Å². The van der Waals surface area contributed by atoms with Crippen molar-refractivity contribution in [2.45, 2.75) is 45.1 Å². The van der Waals surface area contributed by atoms with Crippen molar-refractivity contribution < 1.29 is 9.53 Å². The van der Waals surface area contributed by atoms with Crippen LogP contribution in [0.4, 0.5) is 0 Å². The molecule has 0 aromatic heterocycles. The second-order valence-corrected chi connectivity index (χ2v) is 4.76. The fourth-order valence-electron chi connectivity index (χ4n) is 2.19. The fourth-order valence-corrected chi connectivity index (χ4v) is 2.19. The molecular weight excluding hydrogens is 216 g/mol. The minimum atomic E-state index is -0.0649. The Hall–Kier alpha value is -0.610. The molecule has 0 aromatic carbocycles. The van der Waals surface area contributed by atoms with Gasteiger partial charge in [-0.25, -0.2) is 0 Å². The SMILES string of the molecule is COCCCNC(C)C(=O)N1CCCCCC1. The van der Waals surface area contributed by atoms with E-state index < -0.39 is 0 Å². The smallest absolute Gasteiger partial charge is 0.239 e. The molecule has 4 nitrogen and oxygen atoms in total. The Morgan fingerprint density at radius 3 is 2.53 bits per heavy atom. The maximum absolute atomic E-state index is 12.1. The zero-order chi connectivity index (χ0) is 12.5. The summed E-state index contributed by atoms with van der Waals surface area (Å²) in [6.45, 7) is 5.41. The zero-order valence-electron chi connectivity index (χ0n) is 11.2. The van der Waals surface area contributed by atoms with Crippen molar-refractivity contribution in [3.63, 3.8) is 0 Å². The van der Waals surface area contributed by atoms with E-state index in [0.717, 1.165) is 45.5 Å². The Morgan fingerprint density at radius 2 is 1.94 bits per heavy atom. The van der Waals surface area contributed by atoms with Crippen LogP contribution in [0.1, 0.15) is 39.0 Å². The summed E-state index contributed by atoms with van der Waals surface area (Å²) in [7, 11) is 1.70. The number of hydrogen-bond acceptors (Lipinski definition) is 3. The highest BCUT2D eigenvalue weighted by Gasteiger charge is 2.20. The normalized spacial score (nSPS) is 18.8. The summed E-state index contributed by atoms with van der Waals surface area (Å²) in [5.41, 5.74) is 0. The number of carbonyl (C=O) groups excluding carboxylic acids is 1. The predicted molar refractivity (Wildman–Crippen MR) is 69.0 cm³/mol. The number of carbonyl (C=O) groups is 1. The highest BCUT2D eigenvalue weighted by atomic mass is 16.5. The van der Waals surface area contributed by atoms with E-state index >= 15 is 0 Å². The Bertz CT molecular complexity index is 213. The minimum Gasteiger partial charge on any atom is -0.385 e. The van der Waals surface area contributed by atoms with Crippen molar-refractivity contribution in [2.75, 3.05) is 33.4 Å². The predicted octanol–water partition coefficient (Wildman–Crippen LogP) is 1.40. The molecule has 1 rings (SSSR count). The van der Waals surface area contributed by atoms with E-state index in [1.807, 2.05) is 11.8 Å². The van der Waals surface area contributed by atoms with Gasteiger partial charge in [-0.1, -0.05) is 12.8 Å². The van der Waals surface area contributed by atoms with Crippen LogP contribution in [0.25, 0.3) is 0 Å². The van der Waals surface area contributed by atoms with Crippen LogP contribution < -0.4 is 5.32 Å². The molecule has 4 heteroatoms. The number of methoxy groups -OCH3 is 1. The molecule has 1 heterocycles. The lowest BCUT2D eigenvalue weighted by atomic mass is 10.2. The Kier molecular flexibility index (Phi) is 7.21. The van der Waals surface area contributed by atoms with Crippen LogP contribution in [0.15, 0.2) is 0 Å². The lowest BCUT2D eigenvalue weighted by Gasteiger charge is -2.24. The second-order valence-electron chi connectivity index (χ2n) is 4.76. The van der Waals surface area contributed by atoms with E-state index in [4.69, 9.17) is 4.74 Å². The molecule has 0 bridgehead atoms. The maximum atomic E-state index is 12.1. The van der Waals surface area contributed by atoms with Crippen molar-refractivity contribution in [1.82, 2.24) is 10.2 Å². The van der Waals surface area contributed by atoms with Gasteiger partial charge < -0.3 is 15.0 Å². The molecule has 1 aliphatic rings. The van der Waals surface area contributed by atoms with Crippen LogP contribution in [0.2, 0.25) is 0 Å². The molecule has 0 aliphatic carbocycles. The summed E-state index contributed by atoms with van der Waals surface area (Å²) in [6, 6.07) is -0.0649. The monoisotopic (exact) mass is 242 g/mol. The Balaban J connectivity index is 2.24. The Labute approximate surface area is 105 Å². The molecule has 0 saturated carbocycles. The lowest BCUT2D eigenvalue weighted by molar-refractivity contribution is -0.133. The van der Waals surface area contributed by atoms with Crippen molar-refractivity contribution in [3.8, 4) is 0 Å². The number of nitrogens with one attached hydrogen (secondary N) is 1.